The molecule has 1 N–H and O–H groups in total. The van der Waals surface area contributed by atoms with Crippen molar-refractivity contribution in [3.8, 4) is 11.5 Å². The molecule has 2 atom stereocenters. The number of amides is 1. The van der Waals surface area contributed by atoms with Crippen LogP contribution in [0, 0.1) is 5.92 Å². The lowest BCUT2D eigenvalue weighted by Gasteiger charge is -2.23. The average molecular weight is 365 g/mol. The molecular formula is C23H27NO3. The summed E-state index contributed by atoms with van der Waals surface area (Å²) in [5.74, 6) is 2.30. The normalized spacial score (nSPS) is 23.0. The van der Waals surface area contributed by atoms with Crippen LogP contribution in [0.4, 0.5) is 0 Å². The lowest BCUT2D eigenvalue weighted by molar-refractivity contribution is -0.126. The van der Waals surface area contributed by atoms with E-state index in [0.29, 0.717) is 12.5 Å². The minimum atomic E-state index is -0.635. The van der Waals surface area contributed by atoms with Gasteiger partial charge in [0.15, 0.2) is 5.60 Å². The van der Waals surface area contributed by atoms with E-state index in [1.165, 1.54) is 25.7 Å². The number of nitrogens with one attached hydrogen (secondary N) is 1. The van der Waals surface area contributed by atoms with Crippen molar-refractivity contribution in [3.63, 3.8) is 0 Å². The molecule has 4 heteroatoms. The van der Waals surface area contributed by atoms with Crippen LogP contribution in [0.25, 0.3) is 0 Å². The van der Waals surface area contributed by atoms with Crippen LogP contribution in [0.5, 0.6) is 11.5 Å². The third-order valence-electron chi connectivity index (χ3n) is 5.67. The number of benzene rings is 2. The number of hydrogen-bond donors (Lipinski definition) is 1. The van der Waals surface area contributed by atoms with Gasteiger partial charge in [-0.15, -0.1) is 0 Å². The Bertz CT molecular complexity index is 762. The van der Waals surface area contributed by atoms with Gasteiger partial charge in [0.1, 0.15) is 11.5 Å². The lowest BCUT2D eigenvalue weighted by Crippen LogP contribution is -2.38. The number of ether oxygens (including phenoxy) is 2. The fourth-order valence-electron chi connectivity index (χ4n) is 3.80. The molecule has 27 heavy (non-hydrogen) atoms. The van der Waals surface area contributed by atoms with E-state index in [0.717, 1.165) is 23.5 Å². The van der Waals surface area contributed by atoms with Crippen molar-refractivity contribution in [3.05, 3.63) is 60.2 Å². The minimum Gasteiger partial charge on any atom is -0.457 e. The molecule has 2 aliphatic rings. The van der Waals surface area contributed by atoms with Crippen LogP contribution in [-0.4, -0.2) is 18.1 Å². The van der Waals surface area contributed by atoms with Gasteiger partial charge in [-0.3, -0.25) is 4.79 Å². The molecule has 1 amide bonds. The van der Waals surface area contributed by atoms with E-state index in [-0.39, 0.29) is 11.9 Å². The van der Waals surface area contributed by atoms with Gasteiger partial charge in [-0.2, -0.15) is 0 Å². The zero-order valence-corrected chi connectivity index (χ0v) is 15.8. The van der Waals surface area contributed by atoms with Crippen LogP contribution in [-0.2, 0) is 9.53 Å². The van der Waals surface area contributed by atoms with Gasteiger partial charge in [0, 0.05) is 0 Å². The van der Waals surface area contributed by atoms with Gasteiger partial charge in [-0.25, -0.2) is 0 Å². The molecule has 4 nitrogen and oxygen atoms in total. The Labute approximate surface area is 160 Å². The van der Waals surface area contributed by atoms with Crippen molar-refractivity contribution in [1.82, 2.24) is 5.32 Å². The molecule has 0 bridgehead atoms. The summed E-state index contributed by atoms with van der Waals surface area (Å²) in [6, 6.07) is 17.9. The lowest BCUT2D eigenvalue weighted by atomic mass is 9.93. The Morgan fingerprint density at radius 2 is 1.74 bits per heavy atom. The van der Waals surface area contributed by atoms with Crippen molar-refractivity contribution in [2.24, 2.45) is 5.92 Å². The fourth-order valence-corrected chi connectivity index (χ4v) is 3.80. The second-order valence-electron chi connectivity index (χ2n) is 7.92. The fraction of sp³-hybridized carbons (Fsp3) is 0.435. The highest BCUT2D eigenvalue weighted by atomic mass is 16.6. The van der Waals surface area contributed by atoms with Gasteiger partial charge in [0.2, 0.25) is 0 Å². The Morgan fingerprint density at radius 1 is 1.11 bits per heavy atom. The van der Waals surface area contributed by atoms with Crippen molar-refractivity contribution in [2.45, 2.75) is 50.7 Å². The van der Waals surface area contributed by atoms with Gasteiger partial charge in [-0.05, 0) is 49.1 Å². The first kappa shape index (κ1) is 18.1. The van der Waals surface area contributed by atoms with Gasteiger partial charge in [-0.1, -0.05) is 56.0 Å². The molecule has 2 aromatic carbocycles. The number of para-hydroxylation sites is 1. The maximum absolute atomic E-state index is 12.5. The van der Waals surface area contributed by atoms with Crippen molar-refractivity contribution in [2.75, 3.05) is 6.61 Å². The highest BCUT2D eigenvalue weighted by Crippen LogP contribution is 2.35. The SMILES string of the molecule is CC1(C(=O)NC(CC2CCCC2)c2ccc(Oc3ccccc3)cc2)CO1. The first-order chi connectivity index (χ1) is 13.1. The highest BCUT2D eigenvalue weighted by Gasteiger charge is 2.47. The zero-order valence-electron chi connectivity index (χ0n) is 15.8. The quantitative estimate of drug-likeness (QED) is 0.702. The standard InChI is InChI=1S/C23H27NO3/c1-23(16-26-23)22(25)24-21(15-17-7-5-6-8-17)18-11-13-20(14-12-18)27-19-9-3-2-4-10-19/h2-4,9-14,17,21H,5-8,15-16H2,1H3,(H,24,25). The van der Waals surface area contributed by atoms with Gasteiger partial charge < -0.3 is 14.8 Å². The largest absolute Gasteiger partial charge is 0.457 e. The Balaban J connectivity index is 1.47. The van der Waals surface area contributed by atoms with Crippen LogP contribution in [0.3, 0.4) is 0 Å². The molecule has 1 saturated heterocycles. The van der Waals surface area contributed by atoms with E-state index in [1.807, 2.05) is 49.4 Å². The molecule has 142 valence electrons. The van der Waals surface area contributed by atoms with E-state index in [4.69, 9.17) is 9.47 Å². The van der Waals surface area contributed by atoms with E-state index >= 15 is 0 Å². The van der Waals surface area contributed by atoms with E-state index in [9.17, 15) is 4.79 Å². The van der Waals surface area contributed by atoms with E-state index in [2.05, 4.69) is 17.4 Å². The molecule has 1 heterocycles. The predicted molar refractivity (Wildman–Crippen MR) is 105 cm³/mol. The molecule has 1 aliphatic heterocycles. The summed E-state index contributed by atoms with van der Waals surface area (Å²) >= 11 is 0. The monoisotopic (exact) mass is 365 g/mol. The second kappa shape index (κ2) is 7.73. The van der Waals surface area contributed by atoms with E-state index in [1.54, 1.807) is 0 Å². The molecule has 0 spiro atoms. The van der Waals surface area contributed by atoms with Crippen molar-refractivity contribution >= 4 is 5.91 Å². The number of carbonyl (C=O) groups is 1. The van der Waals surface area contributed by atoms with Crippen molar-refractivity contribution in [1.29, 1.82) is 0 Å². The van der Waals surface area contributed by atoms with Gasteiger partial charge in [0.25, 0.3) is 5.91 Å². The van der Waals surface area contributed by atoms with Crippen LogP contribution >= 0.6 is 0 Å². The molecular weight excluding hydrogens is 338 g/mol. The van der Waals surface area contributed by atoms with Crippen molar-refractivity contribution < 1.29 is 14.3 Å². The maximum atomic E-state index is 12.5. The van der Waals surface area contributed by atoms with E-state index < -0.39 is 5.60 Å². The molecule has 0 radical (unpaired) electrons. The summed E-state index contributed by atoms with van der Waals surface area (Å²) in [4.78, 5) is 12.5. The number of epoxide rings is 1. The molecule has 1 aliphatic carbocycles. The third-order valence-corrected chi connectivity index (χ3v) is 5.67. The first-order valence-corrected chi connectivity index (χ1v) is 9.90. The molecule has 2 aromatic rings. The minimum absolute atomic E-state index is 0.00453. The summed E-state index contributed by atoms with van der Waals surface area (Å²) in [5.41, 5.74) is 0.490. The number of rotatable bonds is 7. The number of hydrogen-bond acceptors (Lipinski definition) is 3. The predicted octanol–water partition coefficient (Wildman–Crippen LogP) is 5.01. The molecule has 2 unspecified atom stereocenters. The zero-order chi connectivity index (χ0) is 18.7. The molecule has 4 rings (SSSR count). The maximum Gasteiger partial charge on any atom is 0.254 e. The molecule has 0 aromatic heterocycles. The van der Waals surface area contributed by atoms with Crippen LogP contribution in [0.1, 0.15) is 50.6 Å². The molecule has 1 saturated carbocycles. The summed E-state index contributed by atoms with van der Waals surface area (Å²) in [5, 5.41) is 3.23. The second-order valence-corrected chi connectivity index (χ2v) is 7.92. The van der Waals surface area contributed by atoms with Crippen LogP contribution in [0.15, 0.2) is 54.6 Å². The third kappa shape index (κ3) is 4.51. The first-order valence-electron chi connectivity index (χ1n) is 9.90. The topological polar surface area (TPSA) is 50.9 Å². The highest BCUT2D eigenvalue weighted by molar-refractivity contribution is 5.87. The summed E-state index contributed by atoms with van der Waals surface area (Å²) in [6.45, 7) is 2.37. The number of carbonyl (C=O) groups excluding carboxylic acids is 1. The van der Waals surface area contributed by atoms with Gasteiger partial charge in [0.05, 0.1) is 12.6 Å². The summed E-state index contributed by atoms with van der Waals surface area (Å²) in [7, 11) is 0. The Hall–Kier alpha value is -2.33. The average Bonchev–Trinajstić information content (AvgIpc) is 3.24. The van der Waals surface area contributed by atoms with Crippen LogP contribution in [0.2, 0.25) is 0 Å². The Kier molecular flexibility index (Phi) is 5.17. The Morgan fingerprint density at radius 3 is 2.37 bits per heavy atom. The van der Waals surface area contributed by atoms with Crippen LogP contribution < -0.4 is 10.1 Å². The van der Waals surface area contributed by atoms with Gasteiger partial charge >= 0.3 is 0 Å². The summed E-state index contributed by atoms with van der Waals surface area (Å²) < 4.78 is 11.2. The summed E-state index contributed by atoms with van der Waals surface area (Å²) in [6.07, 6.45) is 6.11. The molecule has 2 fully saturated rings. The smallest absolute Gasteiger partial charge is 0.254 e.